The molecule has 1 saturated heterocycles. The van der Waals surface area contributed by atoms with Crippen molar-refractivity contribution in [1.29, 1.82) is 0 Å². The molecule has 4 aromatic carbocycles. The van der Waals surface area contributed by atoms with Crippen molar-refractivity contribution in [1.82, 2.24) is 4.90 Å². The molecule has 1 aliphatic rings. The van der Waals surface area contributed by atoms with Gasteiger partial charge in [0.05, 0.1) is 18.0 Å². The van der Waals surface area contributed by atoms with E-state index in [9.17, 15) is 9.18 Å². The van der Waals surface area contributed by atoms with Crippen LogP contribution in [-0.4, -0.2) is 16.0 Å². The lowest BCUT2D eigenvalue weighted by Gasteiger charge is -2.15. The molecule has 1 heterocycles. The number of hydrogen-bond donors (Lipinski definition) is 0. The number of carbonyl (C=O) groups excluding carboxylic acids is 1. The van der Waals surface area contributed by atoms with Crippen LogP contribution in [0.4, 0.5) is 4.39 Å². The largest absolute Gasteiger partial charge is 0.489 e. The Morgan fingerprint density at radius 2 is 1.51 bits per heavy atom. The van der Waals surface area contributed by atoms with Gasteiger partial charge in [0.2, 0.25) is 0 Å². The average molecular weight is 509 g/mol. The smallest absolute Gasteiger partial charge is 0.267 e. The molecule has 0 spiro atoms. The van der Waals surface area contributed by atoms with Crippen molar-refractivity contribution in [2.75, 3.05) is 0 Å². The summed E-state index contributed by atoms with van der Waals surface area (Å²) in [6, 6.07) is 33.8. The van der Waals surface area contributed by atoms with Crippen molar-refractivity contribution in [3.63, 3.8) is 0 Å². The minimum Gasteiger partial charge on any atom is -0.489 e. The van der Waals surface area contributed by atoms with E-state index in [0.29, 0.717) is 28.9 Å². The Morgan fingerprint density at radius 1 is 0.811 bits per heavy atom. The number of hydrogen-bond acceptors (Lipinski definition) is 4. The molecule has 184 valence electrons. The Labute approximate surface area is 220 Å². The van der Waals surface area contributed by atoms with Crippen molar-refractivity contribution in [2.45, 2.75) is 19.7 Å². The van der Waals surface area contributed by atoms with Crippen molar-refractivity contribution in [3.05, 3.63) is 142 Å². The molecule has 6 heteroatoms. The first-order chi connectivity index (χ1) is 18.1. The minimum absolute atomic E-state index is 0.0771. The first-order valence-corrected chi connectivity index (χ1v) is 12.8. The van der Waals surface area contributed by atoms with Crippen LogP contribution in [0, 0.1) is 5.82 Å². The van der Waals surface area contributed by atoms with E-state index in [0.717, 1.165) is 22.3 Å². The molecule has 4 aromatic rings. The summed E-state index contributed by atoms with van der Waals surface area (Å²) in [6.45, 7) is 1.21. The van der Waals surface area contributed by atoms with E-state index in [2.05, 4.69) is 0 Å². The SMILES string of the molecule is O=C1/C(=C/c2cccc(OCc3cccc(F)c3)c2)SC(=NCc2ccccc2)N1Cc1ccccc1. The highest BCUT2D eigenvalue weighted by Crippen LogP contribution is 2.34. The summed E-state index contributed by atoms with van der Waals surface area (Å²) < 4.78 is 19.3. The van der Waals surface area contributed by atoms with Gasteiger partial charge >= 0.3 is 0 Å². The van der Waals surface area contributed by atoms with Crippen LogP contribution in [0.25, 0.3) is 6.08 Å². The molecular weight excluding hydrogens is 483 g/mol. The number of benzene rings is 4. The van der Waals surface area contributed by atoms with Gasteiger partial charge in [-0.25, -0.2) is 4.39 Å². The van der Waals surface area contributed by atoms with Crippen LogP contribution in [0.1, 0.15) is 22.3 Å². The zero-order chi connectivity index (χ0) is 25.5. The topological polar surface area (TPSA) is 41.9 Å². The quantitative estimate of drug-likeness (QED) is 0.239. The Hall–Kier alpha value is -4.16. The molecule has 1 aliphatic heterocycles. The second kappa shape index (κ2) is 11.7. The lowest BCUT2D eigenvalue weighted by molar-refractivity contribution is -0.122. The number of amides is 1. The molecule has 0 saturated carbocycles. The number of amidine groups is 1. The molecule has 0 aromatic heterocycles. The lowest BCUT2D eigenvalue weighted by atomic mass is 10.2. The Morgan fingerprint density at radius 3 is 2.27 bits per heavy atom. The van der Waals surface area contributed by atoms with Crippen LogP contribution < -0.4 is 4.74 Å². The summed E-state index contributed by atoms with van der Waals surface area (Å²) in [7, 11) is 0. The van der Waals surface area contributed by atoms with Crippen molar-refractivity contribution in [3.8, 4) is 5.75 Å². The maximum Gasteiger partial charge on any atom is 0.267 e. The van der Waals surface area contributed by atoms with Gasteiger partial charge in [0, 0.05) is 0 Å². The van der Waals surface area contributed by atoms with E-state index in [1.807, 2.05) is 97.1 Å². The van der Waals surface area contributed by atoms with Gasteiger partial charge in [0.25, 0.3) is 5.91 Å². The van der Waals surface area contributed by atoms with Gasteiger partial charge in [-0.2, -0.15) is 0 Å². The maximum atomic E-state index is 13.5. The van der Waals surface area contributed by atoms with Crippen molar-refractivity contribution in [2.24, 2.45) is 4.99 Å². The second-order valence-electron chi connectivity index (χ2n) is 8.56. The Bertz CT molecular complexity index is 1440. The number of nitrogens with zero attached hydrogens (tertiary/aromatic N) is 2. The molecule has 37 heavy (non-hydrogen) atoms. The predicted molar refractivity (Wildman–Crippen MR) is 147 cm³/mol. The highest BCUT2D eigenvalue weighted by Gasteiger charge is 2.33. The van der Waals surface area contributed by atoms with E-state index in [-0.39, 0.29) is 18.3 Å². The number of aliphatic imine (C=N–C) groups is 1. The van der Waals surface area contributed by atoms with E-state index in [1.165, 1.54) is 23.9 Å². The monoisotopic (exact) mass is 508 g/mol. The molecule has 0 bridgehead atoms. The predicted octanol–water partition coefficient (Wildman–Crippen LogP) is 7.08. The van der Waals surface area contributed by atoms with Crippen LogP contribution >= 0.6 is 11.8 Å². The molecule has 0 atom stereocenters. The molecule has 4 nitrogen and oxygen atoms in total. The van der Waals surface area contributed by atoms with Crippen molar-refractivity contribution < 1.29 is 13.9 Å². The third-order valence-corrected chi connectivity index (χ3v) is 6.81. The molecule has 1 amide bonds. The van der Waals surface area contributed by atoms with Crippen LogP contribution in [0.3, 0.4) is 0 Å². The third kappa shape index (κ3) is 6.54. The standard InChI is InChI=1S/C31H25FN2O2S/c32-27-15-7-14-26(17-27)22-36-28-16-8-13-25(18-28)19-29-30(35)34(21-24-11-5-2-6-12-24)31(37-29)33-20-23-9-3-1-4-10-23/h1-19H,20-22H2/b29-19-,33-31?. The molecule has 1 fully saturated rings. The minimum atomic E-state index is -0.291. The first kappa shape index (κ1) is 24.5. The van der Waals surface area contributed by atoms with Crippen molar-refractivity contribution >= 4 is 28.9 Å². The van der Waals surface area contributed by atoms with Gasteiger partial charge in [0.1, 0.15) is 18.2 Å². The molecule has 5 rings (SSSR count). The van der Waals surface area contributed by atoms with Gasteiger partial charge in [-0.3, -0.25) is 14.7 Å². The number of rotatable bonds is 8. The lowest BCUT2D eigenvalue weighted by Crippen LogP contribution is -2.28. The number of carbonyl (C=O) groups is 1. The van der Waals surface area contributed by atoms with Crippen LogP contribution in [-0.2, 0) is 24.5 Å². The summed E-state index contributed by atoms with van der Waals surface area (Å²) in [4.78, 5) is 20.6. The number of ether oxygens (including phenoxy) is 1. The number of thioether (sulfide) groups is 1. The fraction of sp³-hybridized carbons (Fsp3) is 0.0968. The molecule has 0 N–H and O–H groups in total. The fourth-order valence-electron chi connectivity index (χ4n) is 3.91. The molecular formula is C31H25FN2O2S. The Balaban J connectivity index is 1.36. The van der Waals surface area contributed by atoms with Gasteiger partial charge in [0.15, 0.2) is 5.17 Å². The maximum absolute atomic E-state index is 13.5. The van der Waals surface area contributed by atoms with Gasteiger partial charge < -0.3 is 4.74 Å². The van der Waals surface area contributed by atoms with E-state index >= 15 is 0 Å². The van der Waals surface area contributed by atoms with Crippen LogP contribution in [0.5, 0.6) is 5.75 Å². The van der Waals surface area contributed by atoms with Gasteiger partial charge in [-0.05, 0) is 64.4 Å². The normalized spacial score (nSPS) is 15.5. The molecule has 0 aliphatic carbocycles. The summed E-state index contributed by atoms with van der Waals surface area (Å²) in [5.41, 5.74) is 3.72. The third-order valence-electron chi connectivity index (χ3n) is 5.76. The second-order valence-corrected chi connectivity index (χ2v) is 9.57. The average Bonchev–Trinajstić information content (AvgIpc) is 3.21. The van der Waals surface area contributed by atoms with Gasteiger partial charge in [-0.15, -0.1) is 0 Å². The summed E-state index contributed by atoms with van der Waals surface area (Å²) in [5.74, 6) is 0.279. The number of halogens is 1. The van der Waals surface area contributed by atoms with Gasteiger partial charge in [-0.1, -0.05) is 84.9 Å². The summed E-state index contributed by atoms with van der Waals surface area (Å²) in [5, 5.41) is 0.683. The molecule has 0 unspecified atom stereocenters. The zero-order valence-electron chi connectivity index (χ0n) is 20.1. The fourth-order valence-corrected chi connectivity index (χ4v) is 4.89. The first-order valence-electron chi connectivity index (χ1n) is 11.9. The Kier molecular flexibility index (Phi) is 7.77. The summed E-state index contributed by atoms with van der Waals surface area (Å²) >= 11 is 1.38. The van der Waals surface area contributed by atoms with E-state index in [1.54, 1.807) is 11.0 Å². The van der Waals surface area contributed by atoms with Crippen LogP contribution in [0.2, 0.25) is 0 Å². The van der Waals surface area contributed by atoms with Crippen LogP contribution in [0.15, 0.2) is 119 Å². The molecule has 0 radical (unpaired) electrons. The highest BCUT2D eigenvalue weighted by atomic mass is 32.2. The highest BCUT2D eigenvalue weighted by molar-refractivity contribution is 8.18. The van der Waals surface area contributed by atoms with E-state index < -0.39 is 0 Å². The zero-order valence-corrected chi connectivity index (χ0v) is 20.9. The van der Waals surface area contributed by atoms with E-state index in [4.69, 9.17) is 9.73 Å². The summed E-state index contributed by atoms with van der Waals surface area (Å²) in [6.07, 6.45) is 1.87.